The zero-order valence-electron chi connectivity index (χ0n) is 16.7. The maximum absolute atomic E-state index is 12.7. The summed E-state index contributed by atoms with van der Waals surface area (Å²) in [5.41, 5.74) is 1.79. The monoisotopic (exact) mass is 406 g/mol. The van der Waals surface area contributed by atoms with E-state index in [-0.39, 0.29) is 30.3 Å². The molecule has 1 aliphatic heterocycles. The van der Waals surface area contributed by atoms with Gasteiger partial charge < -0.3 is 9.80 Å². The highest BCUT2D eigenvalue weighted by Gasteiger charge is 2.25. The van der Waals surface area contributed by atoms with Crippen LogP contribution < -0.4 is 5.56 Å². The molecule has 0 spiro atoms. The SMILES string of the molecule is Cc1cccc2c(=O)n(CCC(=O)N3CCN(C(=O)c4cnccn4)CC3)cnc12. The van der Waals surface area contributed by atoms with E-state index < -0.39 is 0 Å². The molecule has 2 amide bonds. The van der Waals surface area contributed by atoms with E-state index in [1.165, 1.54) is 29.5 Å². The Labute approximate surface area is 173 Å². The Hall–Kier alpha value is -3.62. The van der Waals surface area contributed by atoms with Gasteiger partial charge in [0.15, 0.2) is 0 Å². The summed E-state index contributed by atoms with van der Waals surface area (Å²) in [6, 6.07) is 5.50. The van der Waals surface area contributed by atoms with Crippen LogP contribution in [-0.2, 0) is 11.3 Å². The van der Waals surface area contributed by atoms with Crippen molar-refractivity contribution in [1.29, 1.82) is 0 Å². The number of aryl methyl sites for hydroxylation is 2. The summed E-state index contributed by atoms with van der Waals surface area (Å²) in [6.07, 6.45) is 6.15. The molecule has 0 atom stereocenters. The molecule has 0 N–H and O–H groups in total. The van der Waals surface area contributed by atoms with E-state index in [0.29, 0.717) is 42.8 Å². The van der Waals surface area contributed by atoms with Crippen molar-refractivity contribution in [1.82, 2.24) is 29.3 Å². The highest BCUT2D eigenvalue weighted by atomic mass is 16.2. The molecule has 0 saturated carbocycles. The molecule has 154 valence electrons. The number of benzene rings is 1. The van der Waals surface area contributed by atoms with Gasteiger partial charge in [0.25, 0.3) is 11.5 Å². The predicted octanol–water partition coefficient (Wildman–Crippen LogP) is 0.870. The molecule has 4 rings (SSSR count). The molecule has 1 aliphatic rings. The van der Waals surface area contributed by atoms with Gasteiger partial charge in [0, 0.05) is 51.5 Å². The average Bonchev–Trinajstić information content (AvgIpc) is 2.79. The molecule has 0 aliphatic carbocycles. The summed E-state index contributed by atoms with van der Waals surface area (Å²) in [7, 11) is 0. The number of amides is 2. The van der Waals surface area contributed by atoms with Crippen LogP contribution in [0.15, 0.2) is 47.9 Å². The molecule has 2 aromatic heterocycles. The number of nitrogens with zero attached hydrogens (tertiary/aromatic N) is 6. The largest absolute Gasteiger partial charge is 0.339 e. The molecule has 0 unspecified atom stereocenters. The highest BCUT2D eigenvalue weighted by molar-refractivity contribution is 5.92. The molecular weight excluding hydrogens is 384 g/mol. The van der Waals surface area contributed by atoms with Crippen LogP contribution >= 0.6 is 0 Å². The van der Waals surface area contributed by atoms with Gasteiger partial charge in [-0.3, -0.25) is 23.9 Å². The summed E-state index contributed by atoms with van der Waals surface area (Å²) in [5.74, 6) is -0.225. The summed E-state index contributed by atoms with van der Waals surface area (Å²) in [5, 5.41) is 0.557. The Morgan fingerprint density at radius 1 is 1.03 bits per heavy atom. The van der Waals surface area contributed by atoms with Crippen LogP contribution in [0.25, 0.3) is 10.9 Å². The Morgan fingerprint density at radius 3 is 2.53 bits per heavy atom. The van der Waals surface area contributed by atoms with Crippen molar-refractivity contribution in [3.63, 3.8) is 0 Å². The van der Waals surface area contributed by atoms with Crippen LogP contribution in [0.5, 0.6) is 0 Å². The van der Waals surface area contributed by atoms with Crippen molar-refractivity contribution in [3.05, 3.63) is 64.7 Å². The number of aromatic nitrogens is 4. The van der Waals surface area contributed by atoms with E-state index in [1.807, 2.05) is 19.1 Å². The second-order valence-corrected chi connectivity index (χ2v) is 7.23. The number of hydrogen-bond donors (Lipinski definition) is 0. The lowest BCUT2D eigenvalue weighted by Crippen LogP contribution is -2.50. The quantitative estimate of drug-likeness (QED) is 0.637. The summed E-state index contributed by atoms with van der Waals surface area (Å²) in [6.45, 7) is 3.98. The van der Waals surface area contributed by atoms with Crippen molar-refractivity contribution in [2.45, 2.75) is 19.9 Å². The third kappa shape index (κ3) is 3.91. The summed E-state index contributed by atoms with van der Waals surface area (Å²) >= 11 is 0. The van der Waals surface area contributed by atoms with E-state index in [2.05, 4.69) is 15.0 Å². The maximum atomic E-state index is 12.7. The number of hydrogen-bond acceptors (Lipinski definition) is 6. The van der Waals surface area contributed by atoms with E-state index in [9.17, 15) is 14.4 Å². The predicted molar refractivity (Wildman–Crippen MR) is 110 cm³/mol. The van der Waals surface area contributed by atoms with Crippen molar-refractivity contribution in [3.8, 4) is 0 Å². The van der Waals surface area contributed by atoms with Crippen LogP contribution in [-0.4, -0.2) is 67.3 Å². The standard InChI is InChI=1S/C21H22N6O3/c1-15-3-2-4-16-19(15)24-14-27(20(16)29)8-5-18(28)25-9-11-26(12-10-25)21(30)17-13-22-6-7-23-17/h2-4,6-7,13-14H,5,8-12H2,1H3. The lowest BCUT2D eigenvalue weighted by atomic mass is 10.1. The number of fused-ring (bicyclic) bond motifs is 1. The molecule has 1 fully saturated rings. The minimum absolute atomic E-state index is 0.0437. The molecule has 1 saturated heterocycles. The van der Waals surface area contributed by atoms with Crippen LogP contribution in [0.1, 0.15) is 22.5 Å². The number of piperazine rings is 1. The lowest BCUT2D eigenvalue weighted by Gasteiger charge is -2.34. The molecular formula is C21H22N6O3. The lowest BCUT2D eigenvalue weighted by molar-refractivity contribution is -0.132. The third-order valence-electron chi connectivity index (χ3n) is 5.32. The topological polar surface area (TPSA) is 101 Å². The van der Waals surface area contributed by atoms with Crippen LogP contribution in [0, 0.1) is 6.92 Å². The van der Waals surface area contributed by atoms with E-state index in [1.54, 1.807) is 15.9 Å². The van der Waals surface area contributed by atoms with Gasteiger partial charge in [-0.2, -0.15) is 0 Å². The summed E-state index contributed by atoms with van der Waals surface area (Å²) in [4.78, 5) is 53.4. The van der Waals surface area contributed by atoms with Gasteiger partial charge in [-0.25, -0.2) is 9.97 Å². The van der Waals surface area contributed by atoms with Crippen LogP contribution in [0.3, 0.4) is 0 Å². The Morgan fingerprint density at radius 2 is 1.80 bits per heavy atom. The van der Waals surface area contributed by atoms with E-state index in [0.717, 1.165) is 5.56 Å². The summed E-state index contributed by atoms with van der Waals surface area (Å²) < 4.78 is 1.48. The molecule has 30 heavy (non-hydrogen) atoms. The third-order valence-corrected chi connectivity index (χ3v) is 5.32. The molecule has 3 heterocycles. The molecule has 1 aromatic carbocycles. The fraction of sp³-hybridized carbons (Fsp3) is 0.333. The van der Waals surface area contributed by atoms with Crippen molar-refractivity contribution in [2.75, 3.05) is 26.2 Å². The van der Waals surface area contributed by atoms with Gasteiger partial charge in [-0.1, -0.05) is 12.1 Å². The molecule has 0 radical (unpaired) electrons. The molecule has 9 heteroatoms. The van der Waals surface area contributed by atoms with Crippen molar-refractivity contribution in [2.24, 2.45) is 0 Å². The first-order chi connectivity index (χ1) is 14.5. The second-order valence-electron chi connectivity index (χ2n) is 7.23. The van der Waals surface area contributed by atoms with Gasteiger partial charge >= 0.3 is 0 Å². The number of rotatable bonds is 4. The first kappa shape index (κ1) is 19.7. The zero-order valence-corrected chi connectivity index (χ0v) is 16.7. The minimum atomic E-state index is -0.181. The average molecular weight is 406 g/mol. The first-order valence-corrected chi connectivity index (χ1v) is 9.82. The second kappa shape index (κ2) is 8.40. The van der Waals surface area contributed by atoms with Crippen molar-refractivity contribution < 1.29 is 9.59 Å². The van der Waals surface area contributed by atoms with Crippen LogP contribution in [0.4, 0.5) is 0 Å². The van der Waals surface area contributed by atoms with Gasteiger partial charge in [-0.15, -0.1) is 0 Å². The minimum Gasteiger partial charge on any atom is -0.339 e. The van der Waals surface area contributed by atoms with Crippen molar-refractivity contribution >= 4 is 22.7 Å². The molecule has 9 nitrogen and oxygen atoms in total. The molecule has 0 bridgehead atoms. The zero-order chi connectivity index (χ0) is 21.1. The Bertz CT molecular complexity index is 1140. The fourth-order valence-electron chi connectivity index (χ4n) is 3.60. The molecule has 3 aromatic rings. The first-order valence-electron chi connectivity index (χ1n) is 9.82. The van der Waals surface area contributed by atoms with Gasteiger partial charge in [0.1, 0.15) is 5.69 Å². The number of para-hydroxylation sites is 1. The Balaban J connectivity index is 1.35. The van der Waals surface area contributed by atoms with E-state index >= 15 is 0 Å². The van der Waals surface area contributed by atoms with Gasteiger partial charge in [-0.05, 0) is 18.6 Å². The number of carbonyl (C=O) groups excluding carboxylic acids is 2. The highest BCUT2D eigenvalue weighted by Crippen LogP contribution is 2.12. The maximum Gasteiger partial charge on any atom is 0.274 e. The van der Waals surface area contributed by atoms with Crippen LogP contribution in [0.2, 0.25) is 0 Å². The number of carbonyl (C=O) groups is 2. The Kier molecular flexibility index (Phi) is 5.51. The van der Waals surface area contributed by atoms with Gasteiger partial charge in [0.2, 0.25) is 5.91 Å². The normalized spacial score (nSPS) is 14.2. The van der Waals surface area contributed by atoms with E-state index in [4.69, 9.17) is 0 Å². The van der Waals surface area contributed by atoms with Gasteiger partial charge in [0.05, 0.1) is 23.4 Å². The fourth-order valence-corrected chi connectivity index (χ4v) is 3.60. The smallest absolute Gasteiger partial charge is 0.274 e.